The molecule has 4 N–H and O–H groups in total. The largest absolute Gasteiger partial charge is 0.376 e. The fourth-order valence-corrected chi connectivity index (χ4v) is 2.22. The molecule has 7 nitrogen and oxygen atoms in total. The van der Waals surface area contributed by atoms with E-state index in [0.29, 0.717) is 17.1 Å². The van der Waals surface area contributed by atoms with Crippen molar-refractivity contribution < 1.29 is 14.4 Å². The van der Waals surface area contributed by atoms with Crippen LogP contribution >= 0.6 is 0 Å². The Bertz CT molecular complexity index is 816. The van der Waals surface area contributed by atoms with Crippen molar-refractivity contribution in [1.29, 1.82) is 0 Å². The number of rotatable bonds is 7. The van der Waals surface area contributed by atoms with Gasteiger partial charge in [0, 0.05) is 35.6 Å². The highest BCUT2D eigenvalue weighted by Gasteiger charge is 2.07. The fraction of sp³-hybridized carbons (Fsp3) is 0.250. The maximum atomic E-state index is 12.1. The van der Waals surface area contributed by atoms with Crippen molar-refractivity contribution in [3.8, 4) is 0 Å². The lowest BCUT2D eigenvalue weighted by molar-refractivity contribution is -0.119. The summed E-state index contributed by atoms with van der Waals surface area (Å²) in [6, 6.07) is 14.1. The molecule has 0 radical (unpaired) electrons. The third-order valence-corrected chi connectivity index (χ3v) is 3.60. The van der Waals surface area contributed by atoms with Crippen LogP contribution in [0.1, 0.15) is 20.8 Å². The van der Waals surface area contributed by atoms with E-state index in [4.69, 9.17) is 0 Å². The van der Waals surface area contributed by atoms with Crippen LogP contribution in [0.5, 0.6) is 0 Å². The summed E-state index contributed by atoms with van der Waals surface area (Å²) in [6.07, 6.45) is 0. The lowest BCUT2D eigenvalue weighted by Gasteiger charge is -2.11. The summed E-state index contributed by atoms with van der Waals surface area (Å²) in [5.41, 5.74) is 2.69. The quantitative estimate of drug-likeness (QED) is 0.603. The maximum Gasteiger partial charge on any atom is 0.243 e. The molecule has 0 saturated carbocycles. The standard InChI is InChI=1S/C20H24N4O3/c1-13(2)20(27)24-16-9-7-15(8-10-16)21-12-19(26)23-18-6-4-5-17(11-18)22-14(3)25/h4-11,13,21H,12H2,1-3H3,(H,22,25)(H,23,26)(H,24,27). The number of carbonyl (C=O) groups is 3. The van der Waals surface area contributed by atoms with E-state index >= 15 is 0 Å². The van der Waals surface area contributed by atoms with Gasteiger partial charge in [-0.25, -0.2) is 0 Å². The lowest BCUT2D eigenvalue weighted by atomic mass is 10.2. The zero-order valence-corrected chi connectivity index (χ0v) is 15.6. The highest BCUT2D eigenvalue weighted by molar-refractivity contribution is 5.95. The number of benzene rings is 2. The molecule has 0 atom stereocenters. The van der Waals surface area contributed by atoms with Crippen LogP contribution in [0.4, 0.5) is 22.7 Å². The Kier molecular flexibility index (Phi) is 6.93. The van der Waals surface area contributed by atoms with Crippen molar-refractivity contribution in [3.63, 3.8) is 0 Å². The molecule has 2 aromatic carbocycles. The van der Waals surface area contributed by atoms with E-state index in [-0.39, 0.29) is 30.2 Å². The molecule has 0 aliphatic heterocycles. The number of nitrogens with one attached hydrogen (secondary N) is 4. The molecule has 7 heteroatoms. The smallest absolute Gasteiger partial charge is 0.243 e. The summed E-state index contributed by atoms with van der Waals surface area (Å²) in [4.78, 5) is 34.8. The van der Waals surface area contributed by atoms with Gasteiger partial charge in [0.25, 0.3) is 0 Å². The molecule has 0 aromatic heterocycles. The minimum absolute atomic E-state index is 0.0448. The average molecular weight is 368 g/mol. The molecule has 2 rings (SSSR count). The van der Waals surface area contributed by atoms with E-state index in [9.17, 15) is 14.4 Å². The number of hydrogen-bond acceptors (Lipinski definition) is 4. The maximum absolute atomic E-state index is 12.1. The van der Waals surface area contributed by atoms with Crippen molar-refractivity contribution in [2.24, 2.45) is 5.92 Å². The molecule has 0 aliphatic carbocycles. The summed E-state index contributed by atoms with van der Waals surface area (Å²) in [7, 11) is 0. The molecule has 0 bridgehead atoms. The summed E-state index contributed by atoms with van der Waals surface area (Å²) >= 11 is 0. The normalized spacial score (nSPS) is 10.2. The van der Waals surface area contributed by atoms with Gasteiger partial charge in [0.15, 0.2) is 0 Å². The van der Waals surface area contributed by atoms with Crippen molar-refractivity contribution in [2.75, 3.05) is 27.8 Å². The first-order valence-electron chi connectivity index (χ1n) is 8.66. The van der Waals surface area contributed by atoms with Crippen molar-refractivity contribution >= 4 is 40.5 Å². The van der Waals surface area contributed by atoms with Gasteiger partial charge >= 0.3 is 0 Å². The zero-order valence-electron chi connectivity index (χ0n) is 15.6. The molecule has 0 saturated heterocycles. The molecule has 3 amide bonds. The number of amides is 3. The van der Waals surface area contributed by atoms with Gasteiger partial charge < -0.3 is 21.3 Å². The van der Waals surface area contributed by atoms with Gasteiger partial charge in [-0.3, -0.25) is 14.4 Å². The van der Waals surface area contributed by atoms with Crippen LogP contribution < -0.4 is 21.3 Å². The Morgan fingerprint density at radius 1 is 0.815 bits per heavy atom. The van der Waals surface area contributed by atoms with Gasteiger partial charge in [0.1, 0.15) is 0 Å². The summed E-state index contributed by atoms with van der Waals surface area (Å²) < 4.78 is 0. The van der Waals surface area contributed by atoms with E-state index in [0.717, 1.165) is 5.69 Å². The lowest BCUT2D eigenvalue weighted by Crippen LogP contribution is -2.22. The molecule has 0 heterocycles. The summed E-state index contributed by atoms with van der Waals surface area (Å²) in [6.45, 7) is 5.17. The van der Waals surface area contributed by atoms with Crippen LogP contribution in [0.15, 0.2) is 48.5 Å². The van der Waals surface area contributed by atoms with Gasteiger partial charge in [0.2, 0.25) is 17.7 Å². The van der Waals surface area contributed by atoms with Crippen molar-refractivity contribution in [2.45, 2.75) is 20.8 Å². The highest BCUT2D eigenvalue weighted by Crippen LogP contribution is 2.16. The molecule has 27 heavy (non-hydrogen) atoms. The third-order valence-electron chi connectivity index (χ3n) is 3.60. The highest BCUT2D eigenvalue weighted by atomic mass is 16.2. The summed E-state index contributed by atoms with van der Waals surface area (Å²) in [5, 5.41) is 11.3. The van der Waals surface area contributed by atoms with E-state index in [1.807, 2.05) is 13.8 Å². The Hall–Kier alpha value is -3.35. The van der Waals surface area contributed by atoms with Gasteiger partial charge in [-0.1, -0.05) is 19.9 Å². The average Bonchev–Trinajstić information content (AvgIpc) is 2.60. The van der Waals surface area contributed by atoms with Crippen LogP contribution in [-0.4, -0.2) is 24.3 Å². The predicted octanol–water partition coefficient (Wildman–Crippen LogP) is 3.29. The van der Waals surface area contributed by atoms with Crippen LogP contribution in [0.25, 0.3) is 0 Å². The Morgan fingerprint density at radius 3 is 2.00 bits per heavy atom. The van der Waals surface area contributed by atoms with Gasteiger partial charge in [-0.05, 0) is 42.5 Å². The number of anilines is 4. The van der Waals surface area contributed by atoms with Gasteiger partial charge in [-0.15, -0.1) is 0 Å². The van der Waals surface area contributed by atoms with Gasteiger partial charge in [-0.2, -0.15) is 0 Å². The second kappa shape index (κ2) is 9.38. The molecule has 0 unspecified atom stereocenters. The Labute approximate surface area is 158 Å². The first-order chi connectivity index (χ1) is 12.8. The number of hydrogen-bond donors (Lipinski definition) is 4. The topological polar surface area (TPSA) is 99.3 Å². The SMILES string of the molecule is CC(=O)Nc1cccc(NC(=O)CNc2ccc(NC(=O)C(C)C)cc2)c1. The third kappa shape index (κ3) is 6.81. The monoisotopic (exact) mass is 368 g/mol. The molecule has 0 fully saturated rings. The second-order valence-corrected chi connectivity index (χ2v) is 6.39. The van der Waals surface area contributed by atoms with E-state index in [2.05, 4.69) is 21.3 Å². The molecule has 142 valence electrons. The first-order valence-corrected chi connectivity index (χ1v) is 8.66. The molecular weight excluding hydrogens is 344 g/mol. The molecular formula is C20H24N4O3. The molecule has 2 aromatic rings. The fourth-order valence-electron chi connectivity index (χ4n) is 2.22. The summed E-state index contributed by atoms with van der Waals surface area (Å²) in [5.74, 6) is -0.521. The Morgan fingerprint density at radius 2 is 1.41 bits per heavy atom. The Balaban J connectivity index is 1.85. The minimum atomic E-state index is -0.216. The predicted molar refractivity (Wildman–Crippen MR) is 108 cm³/mol. The van der Waals surface area contributed by atoms with E-state index in [1.165, 1.54) is 6.92 Å². The second-order valence-electron chi connectivity index (χ2n) is 6.39. The van der Waals surface area contributed by atoms with Crippen LogP contribution in [-0.2, 0) is 14.4 Å². The van der Waals surface area contributed by atoms with Crippen LogP contribution in [0.3, 0.4) is 0 Å². The van der Waals surface area contributed by atoms with Crippen LogP contribution in [0, 0.1) is 5.92 Å². The van der Waals surface area contributed by atoms with Gasteiger partial charge in [0.05, 0.1) is 6.54 Å². The minimum Gasteiger partial charge on any atom is -0.376 e. The molecule has 0 spiro atoms. The molecule has 0 aliphatic rings. The number of carbonyl (C=O) groups excluding carboxylic acids is 3. The van der Waals surface area contributed by atoms with Crippen molar-refractivity contribution in [3.05, 3.63) is 48.5 Å². The van der Waals surface area contributed by atoms with E-state index < -0.39 is 0 Å². The first kappa shape index (κ1) is 20.0. The van der Waals surface area contributed by atoms with Crippen LogP contribution in [0.2, 0.25) is 0 Å². The van der Waals surface area contributed by atoms with Crippen molar-refractivity contribution in [1.82, 2.24) is 0 Å². The zero-order chi connectivity index (χ0) is 19.8. The van der Waals surface area contributed by atoms with E-state index in [1.54, 1.807) is 48.5 Å².